The van der Waals surface area contributed by atoms with E-state index >= 15 is 0 Å². The molecule has 2 heterocycles. The van der Waals surface area contributed by atoms with Gasteiger partial charge in [-0.25, -0.2) is 4.98 Å². The predicted octanol–water partition coefficient (Wildman–Crippen LogP) is 5.81. The third-order valence-electron chi connectivity index (χ3n) is 4.84. The molecule has 0 saturated carbocycles. The number of hydrogen-bond acceptors (Lipinski definition) is 6. The number of halogens is 2. The summed E-state index contributed by atoms with van der Waals surface area (Å²) in [4.78, 5) is 17.1. The fraction of sp³-hybridized carbons (Fsp3) is 0.0870. The van der Waals surface area contributed by atoms with Gasteiger partial charge in [-0.3, -0.25) is 10.1 Å². The quantitative estimate of drug-likeness (QED) is 0.315. The second-order valence-corrected chi connectivity index (χ2v) is 8.82. The van der Waals surface area contributed by atoms with Crippen LogP contribution in [0.4, 0.5) is 5.69 Å². The van der Waals surface area contributed by atoms with E-state index in [1.807, 2.05) is 12.1 Å². The molecule has 4 aromatic rings. The molecular weight excluding hydrogens is 530 g/mol. The number of amides is 1. The molecule has 0 fully saturated rings. The fourth-order valence-corrected chi connectivity index (χ4v) is 4.07. The maximum Gasteiger partial charge on any atom is 0.257 e. The molecule has 0 radical (unpaired) electrons. The lowest BCUT2D eigenvalue weighted by Crippen LogP contribution is -2.34. The van der Waals surface area contributed by atoms with Crippen molar-refractivity contribution in [3.8, 4) is 23.0 Å². The molecule has 7 nitrogen and oxygen atoms in total. The van der Waals surface area contributed by atoms with Crippen LogP contribution < -0.4 is 20.1 Å². The monoisotopic (exact) mass is 543 g/mol. The summed E-state index contributed by atoms with van der Waals surface area (Å²) in [6.07, 6.45) is 0. The van der Waals surface area contributed by atoms with Crippen molar-refractivity contribution in [2.24, 2.45) is 0 Å². The highest BCUT2D eigenvalue weighted by molar-refractivity contribution is 9.10. The van der Waals surface area contributed by atoms with Crippen LogP contribution in [0.3, 0.4) is 0 Å². The number of hydrogen-bond donors (Lipinski definition) is 2. The largest absolute Gasteiger partial charge is 0.486 e. The van der Waals surface area contributed by atoms with Crippen molar-refractivity contribution in [2.75, 3.05) is 18.5 Å². The zero-order chi connectivity index (χ0) is 22.9. The van der Waals surface area contributed by atoms with Crippen LogP contribution in [0.15, 0.2) is 63.5 Å². The number of thiocarbonyl (C=S) groups is 1. The zero-order valence-corrected chi connectivity index (χ0v) is 20.0. The fourth-order valence-electron chi connectivity index (χ4n) is 3.30. The molecule has 0 spiro atoms. The van der Waals surface area contributed by atoms with Gasteiger partial charge < -0.3 is 19.2 Å². The Kier molecular flexibility index (Phi) is 5.92. The Morgan fingerprint density at radius 3 is 2.70 bits per heavy atom. The van der Waals surface area contributed by atoms with E-state index in [-0.39, 0.29) is 11.0 Å². The molecule has 0 aliphatic carbocycles. The molecule has 166 valence electrons. The van der Waals surface area contributed by atoms with E-state index in [4.69, 9.17) is 37.7 Å². The van der Waals surface area contributed by atoms with Gasteiger partial charge in [-0.2, -0.15) is 0 Å². The summed E-state index contributed by atoms with van der Waals surface area (Å²) in [6, 6.07) is 15.8. The maximum absolute atomic E-state index is 12.6. The Labute approximate surface area is 207 Å². The Balaban J connectivity index is 1.30. The predicted molar refractivity (Wildman–Crippen MR) is 133 cm³/mol. The van der Waals surface area contributed by atoms with Crippen LogP contribution in [0.25, 0.3) is 22.6 Å². The van der Waals surface area contributed by atoms with Crippen LogP contribution in [0.1, 0.15) is 10.4 Å². The van der Waals surface area contributed by atoms with E-state index in [1.165, 1.54) is 0 Å². The smallest absolute Gasteiger partial charge is 0.257 e. The van der Waals surface area contributed by atoms with Gasteiger partial charge in [0.2, 0.25) is 5.89 Å². The lowest BCUT2D eigenvalue weighted by molar-refractivity contribution is 0.0976. The molecule has 33 heavy (non-hydrogen) atoms. The van der Waals surface area contributed by atoms with Crippen LogP contribution in [0.2, 0.25) is 5.02 Å². The van der Waals surface area contributed by atoms with Gasteiger partial charge >= 0.3 is 0 Å². The van der Waals surface area contributed by atoms with E-state index in [0.717, 1.165) is 4.47 Å². The minimum Gasteiger partial charge on any atom is -0.486 e. The highest BCUT2D eigenvalue weighted by Crippen LogP contribution is 2.33. The number of nitrogens with zero attached hydrogens (tertiary/aromatic N) is 1. The number of benzene rings is 3. The molecule has 1 amide bonds. The molecule has 5 rings (SSSR count). The first-order valence-electron chi connectivity index (χ1n) is 9.84. The lowest BCUT2D eigenvalue weighted by Gasteiger charge is -2.18. The van der Waals surface area contributed by atoms with E-state index in [1.54, 1.807) is 42.5 Å². The number of nitrogens with one attached hydrogen (secondary N) is 2. The number of carbonyl (C=O) groups is 1. The van der Waals surface area contributed by atoms with Crippen molar-refractivity contribution in [3.05, 3.63) is 69.7 Å². The second-order valence-electron chi connectivity index (χ2n) is 7.09. The van der Waals surface area contributed by atoms with Gasteiger partial charge in [0.25, 0.3) is 5.91 Å². The molecule has 0 unspecified atom stereocenters. The molecule has 1 aliphatic heterocycles. The van der Waals surface area contributed by atoms with Crippen molar-refractivity contribution >= 4 is 67.6 Å². The van der Waals surface area contributed by atoms with Gasteiger partial charge in [0.05, 0.1) is 10.6 Å². The molecule has 0 saturated heterocycles. The van der Waals surface area contributed by atoms with E-state index in [2.05, 4.69) is 31.5 Å². The lowest BCUT2D eigenvalue weighted by atomic mass is 10.2. The van der Waals surface area contributed by atoms with Crippen LogP contribution >= 0.6 is 39.7 Å². The summed E-state index contributed by atoms with van der Waals surface area (Å²) in [5.74, 6) is 1.19. The topological polar surface area (TPSA) is 85.6 Å². The minimum atomic E-state index is -0.362. The average Bonchev–Trinajstić information content (AvgIpc) is 3.23. The third kappa shape index (κ3) is 4.66. The van der Waals surface area contributed by atoms with Gasteiger partial charge in [-0.1, -0.05) is 27.5 Å². The van der Waals surface area contributed by atoms with Crippen LogP contribution in [0, 0.1) is 0 Å². The zero-order valence-electron chi connectivity index (χ0n) is 16.9. The second kappa shape index (κ2) is 9.01. The first-order valence-corrected chi connectivity index (χ1v) is 11.4. The molecule has 10 heteroatoms. The number of fused-ring (bicyclic) bond motifs is 2. The van der Waals surface area contributed by atoms with Crippen molar-refractivity contribution in [1.29, 1.82) is 0 Å². The van der Waals surface area contributed by atoms with Gasteiger partial charge in [-0.05, 0) is 66.8 Å². The summed E-state index contributed by atoms with van der Waals surface area (Å²) >= 11 is 15.0. The third-order valence-corrected chi connectivity index (χ3v) is 5.86. The SMILES string of the molecule is O=C(NC(=S)Nc1ccc2oc(-c3cc(Br)ccc3Cl)nc2c1)c1ccc2c(c1)OCCO2. The summed E-state index contributed by atoms with van der Waals surface area (Å²) < 4.78 is 17.7. The summed E-state index contributed by atoms with van der Waals surface area (Å²) in [5.41, 5.74) is 2.95. The molecule has 1 aliphatic rings. The van der Waals surface area contributed by atoms with Crippen LogP contribution in [0.5, 0.6) is 11.5 Å². The minimum absolute atomic E-state index is 0.146. The summed E-state index contributed by atoms with van der Waals surface area (Å²) in [6.45, 7) is 0.928. The van der Waals surface area contributed by atoms with E-state index < -0.39 is 0 Å². The average molecular weight is 545 g/mol. The standard InChI is InChI=1S/C23H15BrClN3O4S/c24-13-2-4-16(25)15(10-13)22-27-17-11-14(3-6-18(17)32-22)26-23(33)28-21(29)12-1-5-19-20(9-12)31-8-7-30-19/h1-6,9-11H,7-8H2,(H2,26,28,29,33). The van der Waals surface area contributed by atoms with Gasteiger partial charge in [0, 0.05) is 15.7 Å². The van der Waals surface area contributed by atoms with Crippen LogP contribution in [-0.4, -0.2) is 29.2 Å². The van der Waals surface area contributed by atoms with Crippen molar-refractivity contribution in [3.63, 3.8) is 0 Å². The highest BCUT2D eigenvalue weighted by atomic mass is 79.9. The summed E-state index contributed by atoms with van der Waals surface area (Å²) in [7, 11) is 0. The normalized spacial score (nSPS) is 12.4. The van der Waals surface area contributed by atoms with Gasteiger partial charge in [-0.15, -0.1) is 0 Å². The molecule has 3 aromatic carbocycles. The Bertz CT molecular complexity index is 1410. The Hall–Kier alpha value is -3.14. The van der Waals surface area contributed by atoms with Crippen molar-refractivity contribution < 1.29 is 18.7 Å². The molecule has 2 N–H and O–H groups in total. The first kappa shape index (κ1) is 21.7. The highest BCUT2D eigenvalue weighted by Gasteiger charge is 2.16. The van der Waals surface area contributed by atoms with E-state index in [0.29, 0.717) is 63.5 Å². The maximum atomic E-state index is 12.6. The first-order chi connectivity index (χ1) is 16.0. The molecule has 0 atom stereocenters. The van der Waals surface area contributed by atoms with Crippen molar-refractivity contribution in [2.45, 2.75) is 0 Å². The van der Waals surface area contributed by atoms with E-state index in [9.17, 15) is 4.79 Å². The number of carbonyl (C=O) groups excluding carboxylic acids is 1. The number of anilines is 1. The molecule has 1 aromatic heterocycles. The number of oxazole rings is 1. The number of ether oxygens (including phenoxy) is 2. The van der Waals surface area contributed by atoms with Gasteiger partial charge in [0.15, 0.2) is 22.2 Å². The number of aromatic nitrogens is 1. The molecule has 0 bridgehead atoms. The Morgan fingerprint density at radius 1 is 1.03 bits per heavy atom. The number of rotatable bonds is 3. The summed E-state index contributed by atoms with van der Waals surface area (Å²) in [5, 5.41) is 6.34. The van der Waals surface area contributed by atoms with Gasteiger partial charge in [0.1, 0.15) is 18.7 Å². The molecular formula is C23H15BrClN3O4S. The van der Waals surface area contributed by atoms with Crippen LogP contribution in [-0.2, 0) is 0 Å². The van der Waals surface area contributed by atoms with Crippen molar-refractivity contribution in [1.82, 2.24) is 10.3 Å². The Morgan fingerprint density at radius 2 is 1.85 bits per heavy atom.